The second kappa shape index (κ2) is 5.07. The topological polar surface area (TPSA) is 80.9 Å². The number of rotatable bonds is 0. The molecule has 2 unspecified atom stereocenters. The normalized spacial score (nSPS) is 35.1. The molecule has 4 N–H and O–H groups in total. The minimum absolute atomic E-state index is 0.227. The molecule has 0 aromatic rings. The molecule has 0 aromatic heterocycles. The van der Waals surface area contributed by atoms with Crippen molar-refractivity contribution in [2.75, 3.05) is 0 Å². The molecule has 4 heteroatoms. The first-order valence-electron chi connectivity index (χ1n) is 5.30. The summed E-state index contributed by atoms with van der Waals surface area (Å²) in [5.74, 6) is -1.31. The van der Waals surface area contributed by atoms with Gasteiger partial charge in [0.25, 0.3) is 0 Å². The molecule has 0 spiro atoms. The van der Waals surface area contributed by atoms with Crippen LogP contribution in [0.3, 0.4) is 0 Å². The number of aliphatic hydroxyl groups is 4. The first kappa shape index (κ1) is 11.9. The second-order valence-corrected chi connectivity index (χ2v) is 4.31. The van der Waals surface area contributed by atoms with E-state index in [0.29, 0.717) is 19.3 Å². The van der Waals surface area contributed by atoms with Crippen molar-refractivity contribution in [1.29, 1.82) is 0 Å². The van der Waals surface area contributed by atoms with E-state index in [1.165, 1.54) is 0 Å². The monoisotopic (exact) mass is 204 g/mol. The Balaban J connectivity index is 0.000000140. The standard InChI is InChI=1S/2C5H10O2/c6-4-1-2-5(7)3-4;6-5(7)3-1-2-4-5/h4-7H,1-3H2;6-7H,1-4H2. The summed E-state index contributed by atoms with van der Waals surface area (Å²) in [7, 11) is 0. The molecule has 2 atom stereocenters. The van der Waals surface area contributed by atoms with E-state index in [2.05, 4.69) is 0 Å². The highest BCUT2D eigenvalue weighted by atomic mass is 16.5. The molecule has 2 rings (SSSR count). The highest BCUT2D eigenvalue weighted by molar-refractivity contribution is 4.72. The predicted molar refractivity (Wildman–Crippen MR) is 51.5 cm³/mol. The minimum Gasteiger partial charge on any atom is -0.393 e. The zero-order valence-electron chi connectivity index (χ0n) is 8.39. The average molecular weight is 204 g/mol. The third kappa shape index (κ3) is 4.37. The summed E-state index contributed by atoms with van der Waals surface area (Å²) in [4.78, 5) is 0. The van der Waals surface area contributed by atoms with Gasteiger partial charge in [0.1, 0.15) is 0 Å². The fourth-order valence-electron chi connectivity index (χ4n) is 1.88. The second-order valence-electron chi connectivity index (χ2n) is 4.31. The van der Waals surface area contributed by atoms with E-state index in [1.54, 1.807) is 0 Å². The van der Waals surface area contributed by atoms with Crippen molar-refractivity contribution < 1.29 is 20.4 Å². The van der Waals surface area contributed by atoms with E-state index in [9.17, 15) is 0 Å². The fourth-order valence-corrected chi connectivity index (χ4v) is 1.88. The maximum Gasteiger partial charge on any atom is 0.162 e. The zero-order chi connectivity index (χ0) is 10.6. The van der Waals surface area contributed by atoms with E-state index < -0.39 is 5.79 Å². The van der Waals surface area contributed by atoms with Gasteiger partial charge < -0.3 is 20.4 Å². The van der Waals surface area contributed by atoms with Crippen molar-refractivity contribution in [3.8, 4) is 0 Å². The van der Waals surface area contributed by atoms with Crippen molar-refractivity contribution >= 4 is 0 Å². The van der Waals surface area contributed by atoms with Crippen LogP contribution in [-0.4, -0.2) is 38.4 Å². The lowest BCUT2D eigenvalue weighted by Crippen LogP contribution is -2.21. The van der Waals surface area contributed by atoms with Crippen LogP contribution in [-0.2, 0) is 0 Å². The highest BCUT2D eigenvalue weighted by Gasteiger charge is 2.26. The largest absolute Gasteiger partial charge is 0.393 e. The van der Waals surface area contributed by atoms with Crippen molar-refractivity contribution in [1.82, 2.24) is 0 Å². The molecule has 84 valence electrons. The molecule has 4 nitrogen and oxygen atoms in total. The van der Waals surface area contributed by atoms with Gasteiger partial charge >= 0.3 is 0 Å². The molecule has 0 aromatic carbocycles. The maximum atomic E-state index is 8.75. The minimum atomic E-state index is -1.31. The van der Waals surface area contributed by atoms with Gasteiger partial charge in [0.2, 0.25) is 0 Å². The lowest BCUT2D eigenvalue weighted by Gasteiger charge is -2.11. The SMILES string of the molecule is OC1(O)CCCC1.OC1CCC(O)C1. The summed E-state index contributed by atoms with van der Waals surface area (Å²) in [6, 6.07) is 0. The Morgan fingerprint density at radius 2 is 1.29 bits per heavy atom. The molecule has 0 amide bonds. The van der Waals surface area contributed by atoms with Crippen LogP contribution in [0.2, 0.25) is 0 Å². The van der Waals surface area contributed by atoms with Crippen LogP contribution in [0.4, 0.5) is 0 Å². The van der Waals surface area contributed by atoms with E-state index in [1.807, 2.05) is 0 Å². The molecule has 2 aliphatic rings. The Morgan fingerprint density at radius 3 is 1.43 bits per heavy atom. The van der Waals surface area contributed by atoms with Crippen molar-refractivity contribution in [3.05, 3.63) is 0 Å². The summed E-state index contributed by atoms with van der Waals surface area (Å²) < 4.78 is 0. The molecule has 2 fully saturated rings. The zero-order valence-corrected chi connectivity index (χ0v) is 8.39. The van der Waals surface area contributed by atoms with Gasteiger partial charge in [0, 0.05) is 12.8 Å². The fraction of sp³-hybridized carbons (Fsp3) is 1.00. The Morgan fingerprint density at radius 1 is 0.857 bits per heavy atom. The molecule has 0 aliphatic heterocycles. The number of hydrogen-bond acceptors (Lipinski definition) is 4. The third-order valence-corrected chi connectivity index (χ3v) is 2.78. The van der Waals surface area contributed by atoms with Crippen molar-refractivity contribution in [3.63, 3.8) is 0 Å². The summed E-state index contributed by atoms with van der Waals surface area (Å²) in [5, 5.41) is 35.0. The Labute approximate surface area is 84.2 Å². The Bertz CT molecular complexity index is 154. The molecule has 2 saturated carbocycles. The average Bonchev–Trinajstić information content (AvgIpc) is 2.61. The highest BCUT2D eigenvalue weighted by Crippen LogP contribution is 2.25. The molecule has 0 radical (unpaired) electrons. The smallest absolute Gasteiger partial charge is 0.162 e. The number of hydrogen-bond donors (Lipinski definition) is 4. The van der Waals surface area contributed by atoms with Gasteiger partial charge in [-0.15, -0.1) is 0 Å². The number of aliphatic hydroxyl groups excluding tert-OH is 2. The van der Waals surface area contributed by atoms with E-state index in [4.69, 9.17) is 20.4 Å². The lowest BCUT2D eigenvalue weighted by atomic mass is 10.2. The van der Waals surface area contributed by atoms with Gasteiger partial charge in [-0.2, -0.15) is 0 Å². The molecule has 0 heterocycles. The first-order valence-corrected chi connectivity index (χ1v) is 5.30. The maximum absolute atomic E-state index is 8.75. The van der Waals surface area contributed by atoms with Gasteiger partial charge in [-0.25, -0.2) is 0 Å². The summed E-state index contributed by atoms with van der Waals surface area (Å²) >= 11 is 0. The summed E-state index contributed by atoms with van der Waals surface area (Å²) in [6.07, 6.45) is 4.74. The molecule has 0 saturated heterocycles. The van der Waals surface area contributed by atoms with Gasteiger partial charge in [-0.1, -0.05) is 0 Å². The summed E-state index contributed by atoms with van der Waals surface area (Å²) in [5.41, 5.74) is 0. The van der Waals surface area contributed by atoms with Crippen LogP contribution >= 0.6 is 0 Å². The van der Waals surface area contributed by atoms with Gasteiger partial charge in [0.05, 0.1) is 12.2 Å². The van der Waals surface area contributed by atoms with Gasteiger partial charge in [-0.05, 0) is 32.1 Å². The van der Waals surface area contributed by atoms with Gasteiger partial charge in [-0.3, -0.25) is 0 Å². The molecular weight excluding hydrogens is 184 g/mol. The first-order chi connectivity index (χ1) is 6.49. The van der Waals surface area contributed by atoms with E-state index in [0.717, 1.165) is 25.7 Å². The lowest BCUT2D eigenvalue weighted by molar-refractivity contribution is -0.152. The third-order valence-electron chi connectivity index (χ3n) is 2.78. The van der Waals surface area contributed by atoms with Crippen LogP contribution in [0.15, 0.2) is 0 Å². The van der Waals surface area contributed by atoms with E-state index in [-0.39, 0.29) is 12.2 Å². The quantitative estimate of drug-likeness (QED) is 0.423. The van der Waals surface area contributed by atoms with Crippen LogP contribution < -0.4 is 0 Å². The van der Waals surface area contributed by atoms with Crippen molar-refractivity contribution in [2.45, 2.75) is 62.9 Å². The molecule has 0 bridgehead atoms. The molecule has 2 aliphatic carbocycles. The van der Waals surface area contributed by atoms with Crippen LogP contribution in [0.1, 0.15) is 44.9 Å². The summed E-state index contributed by atoms with van der Waals surface area (Å²) in [6.45, 7) is 0. The molecular formula is C10H20O4. The van der Waals surface area contributed by atoms with E-state index >= 15 is 0 Å². The Hall–Kier alpha value is -0.160. The van der Waals surface area contributed by atoms with Crippen molar-refractivity contribution in [2.24, 2.45) is 0 Å². The van der Waals surface area contributed by atoms with Gasteiger partial charge in [0.15, 0.2) is 5.79 Å². The Kier molecular flexibility index (Phi) is 4.31. The molecule has 14 heavy (non-hydrogen) atoms. The van der Waals surface area contributed by atoms with Crippen LogP contribution in [0.5, 0.6) is 0 Å². The van der Waals surface area contributed by atoms with Crippen LogP contribution in [0, 0.1) is 0 Å². The predicted octanol–water partition coefficient (Wildman–Crippen LogP) is 0.133. The van der Waals surface area contributed by atoms with Crippen LogP contribution in [0.25, 0.3) is 0 Å².